The normalized spacial score (nSPS) is 26.9. The van der Waals surface area contributed by atoms with Crippen LogP contribution in [-0.4, -0.2) is 27.9 Å². The number of nitrogens with zero attached hydrogens (tertiary/aromatic N) is 3. The second-order valence-corrected chi connectivity index (χ2v) is 9.17. The topological polar surface area (TPSA) is 92.3 Å². The predicted octanol–water partition coefficient (Wildman–Crippen LogP) is 3.44. The fraction of sp³-hybridized carbons (Fsp3) is 0.409. The molecule has 154 valence electrons. The minimum Gasteiger partial charge on any atom is -0.296 e. The van der Waals surface area contributed by atoms with Crippen LogP contribution in [0.4, 0.5) is 10.8 Å². The van der Waals surface area contributed by atoms with Crippen LogP contribution in [0.2, 0.25) is 0 Å². The molecule has 2 aromatic rings. The molecule has 1 saturated heterocycles. The molecule has 4 unspecified atom stereocenters. The lowest BCUT2D eigenvalue weighted by Crippen LogP contribution is -2.38. The summed E-state index contributed by atoms with van der Waals surface area (Å²) in [6.45, 7) is 2.06. The van der Waals surface area contributed by atoms with E-state index >= 15 is 0 Å². The first-order valence-electron chi connectivity index (χ1n) is 10.4. The molecule has 2 fully saturated rings. The van der Waals surface area contributed by atoms with Gasteiger partial charge in [0.1, 0.15) is 5.01 Å². The van der Waals surface area contributed by atoms with E-state index < -0.39 is 0 Å². The number of carbonyl (C=O) groups excluding carboxylic acids is 3. The van der Waals surface area contributed by atoms with Crippen molar-refractivity contribution in [1.29, 1.82) is 0 Å². The van der Waals surface area contributed by atoms with E-state index in [0.717, 1.165) is 30.7 Å². The van der Waals surface area contributed by atoms with E-state index in [1.807, 2.05) is 0 Å². The van der Waals surface area contributed by atoms with E-state index in [1.165, 1.54) is 16.2 Å². The van der Waals surface area contributed by atoms with E-state index in [4.69, 9.17) is 0 Å². The van der Waals surface area contributed by atoms with E-state index in [1.54, 1.807) is 24.3 Å². The van der Waals surface area contributed by atoms with Gasteiger partial charge in [-0.1, -0.05) is 30.4 Å². The van der Waals surface area contributed by atoms with Crippen molar-refractivity contribution in [3.05, 3.63) is 47.0 Å². The number of allylic oxidation sites excluding steroid dienone is 2. The van der Waals surface area contributed by atoms with Crippen molar-refractivity contribution < 1.29 is 14.4 Å². The van der Waals surface area contributed by atoms with Gasteiger partial charge >= 0.3 is 0 Å². The molecule has 1 aliphatic heterocycles. The molecule has 4 atom stereocenters. The Morgan fingerprint density at radius 1 is 1.07 bits per heavy atom. The third-order valence-electron chi connectivity index (χ3n) is 6.30. The van der Waals surface area contributed by atoms with Gasteiger partial charge in [-0.3, -0.25) is 24.6 Å². The summed E-state index contributed by atoms with van der Waals surface area (Å²) in [5.74, 6) is -0.669. The Bertz CT molecular complexity index is 1010. The molecular formula is C22H22N4O3S. The average Bonchev–Trinajstić information content (AvgIpc) is 3.32. The summed E-state index contributed by atoms with van der Waals surface area (Å²) in [7, 11) is 0. The second-order valence-electron chi connectivity index (χ2n) is 8.11. The maximum atomic E-state index is 13.0. The summed E-state index contributed by atoms with van der Waals surface area (Å²) in [5.41, 5.74) is 0.959. The molecule has 1 N–H and O–H groups in total. The first-order valence-corrected chi connectivity index (χ1v) is 11.2. The van der Waals surface area contributed by atoms with Crippen LogP contribution in [0.1, 0.15) is 41.6 Å². The van der Waals surface area contributed by atoms with Crippen molar-refractivity contribution in [2.75, 3.05) is 10.2 Å². The number of aryl methyl sites for hydroxylation is 1. The Morgan fingerprint density at radius 3 is 2.27 bits per heavy atom. The average molecular weight is 423 g/mol. The molecule has 7 nitrogen and oxygen atoms in total. The zero-order valence-corrected chi connectivity index (χ0v) is 17.4. The zero-order chi connectivity index (χ0) is 20.8. The van der Waals surface area contributed by atoms with E-state index in [9.17, 15) is 14.4 Å². The highest BCUT2D eigenvalue weighted by atomic mass is 32.1. The Labute approximate surface area is 178 Å². The monoisotopic (exact) mass is 422 g/mol. The Kier molecular flexibility index (Phi) is 4.73. The molecule has 30 heavy (non-hydrogen) atoms. The second kappa shape index (κ2) is 7.43. The molecule has 1 aromatic heterocycles. The highest BCUT2D eigenvalue weighted by Crippen LogP contribution is 2.50. The number of hydrogen-bond acceptors (Lipinski definition) is 6. The molecule has 3 amide bonds. The summed E-state index contributed by atoms with van der Waals surface area (Å²) >= 11 is 1.36. The maximum Gasteiger partial charge on any atom is 0.257 e. The van der Waals surface area contributed by atoms with Crippen LogP contribution in [0.5, 0.6) is 0 Å². The van der Waals surface area contributed by atoms with Gasteiger partial charge < -0.3 is 0 Å². The van der Waals surface area contributed by atoms with Gasteiger partial charge in [-0.25, -0.2) is 0 Å². The van der Waals surface area contributed by atoms with Crippen molar-refractivity contribution in [2.24, 2.45) is 23.7 Å². The minimum absolute atomic E-state index is 0.112. The van der Waals surface area contributed by atoms with Gasteiger partial charge in [-0.2, -0.15) is 0 Å². The van der Waals surface area contributed by atoms with Crippen molar-refractivity contribution in [3.63, 3.8) is 0 Å². The van der Waals surface area contributed by atoms with Crippen LogP contribution in [0, 0.1) is 23.7 Å². The van der Waals surface area contributed by atoms with Gasteiger partial charge in [-0.05, 0) is 55.4 Å². The number of anilines is 2. The van der Waals surface area contributed by atoms with Gasteiger partial charge in [-0.15, -0.1) is 10.2 Å². The van der Waals surface area contributed by atoms with Gasteiger partial charge in [0.2, 0.25) is 16.9 Å². The van der Waals surface area contributed by atoms with Crippen LogP contribution in [0.3, 0.4) is 0 Å². The quantitative estimate of drug-likeness (QED) is 0.589. The van der Waals surface area contributed by atoms with Crippen molar-refractivity contribution in [3.8, 4) is 0 Å². The SMILES string of the molecule is CCCc1nnc(NC(=O)c2ccc(N3C(=O)C4C5C=CC(CC5)C4C3=O)cc2)s1. The summed E-state index contributed by atoms with van der Waals surface area (Å²) in [6, 6.07) is 6.60. The first-order chi connectivity index (χ1) is 14.6. The number of fused-ring (bicyclic) bond motifs is 1. The van der Waals surface area contributed by atoms with E-state index in [2.05, 4.69) is 34.6 Å². The van der Waals surface area contributed by atoms with Crippen molar-refractivity contribution in [2.45, 2.75) is 32.6 Å². The first kappa shape index (κ1) is 19.1. The number of rotatable bonds is 5. The molecule has 2 bridgehead atoms. The molecule has 1 saturated carbocycles. The van der Waals surface area contributed by atoms with Crippen molar-refractivity contribution >= 4 is 39.9 Å². The summed E-state index contributed by atoms with van der Waals surface area (Å²) in [6.07, 6.45) is 7.96. The molecule has 4 aliphatic rings. The maximum absolute atomic E-state index is 13.0. The number of nitrogens with one attached hydrogen (secondary N) is 1. The fourth-order valence-electron chi connectivity index (χ4n) is 4.88. The summed E-state index contributed by atoms with van der Waals surface area (Å²) in [4.78, 5) is 39.9. The summed E-state index contributed by atoms with van der Waals surface area (Å²) < 4.78 is 0. The lowest BCUT2D eigenvalue weighted by Gasteiger charge is -2.38. The van der Waals surface area contributed by atoms with E-state index in [-0.39, 0.29) is 41.4 Å². The number of carbonyl (C=O) groups is 3. The molecule has 1 aromatic carbocycles. The highest BCUT2D eigenvalue weighted by Gasteiger charge is 2.56. The van der Waals surface area contributed by atoms with Gasteiger partial charge in [0.05, 0.1) is 17.5 Å². The minimum atomic E-state index is -0.296. The number of benzene rings is 1. The molecule has 0 spiro atoms. The van der Waals surface area contributed by atoms with Gasteiger partial charge in [0.25, 0.3) is 5.91 Å². The lowest BCUT2D eigenvalue weighted by molar-refractivity contribution is -0.124. The van der Waals surface area contributed by atoms with Gasteiger partial charge in [0, 0.05) is 12.0 Å². The fourth-order valence-corrected chi connectivity index (χ4v) is 5.72. The largest absolute Gasteiger partial charge is 0.296 e. The number of amides is 3. The van der Waals surface area contributed by atoms with Crippen LogP contribution in [0.15, 0.2) is 36.4 Å². The zero-order valence-electron chi connectivity index (χ0n) is 16.6. The molecule has 3 aliphatic carbocycles. The number of hydrogen-bond donors (Lipinski definition) is 1. The van der Waals surface area contributed by atoms with E-state index in [0.29, 0.717) is 16.4 Å². The highest BCUT2D eigenvalue weighted by molar-refractivity contribution is 7.15. The van der Waals surface area contributed by atoms with Gasteiger partial charge in [0.15, 0.2) is 0 Å². The lowest BCUT2D eigenvalue weighted by atomic mass is 9.63. The smallest absolute Gasteiger partial charge is 0.257 e. The molecule has 0 radical (unpaired) electrons. The van der Waals surface area contributed by atoms with Crippen LogP contribution in [-0.2, 0) is 16.0 Å². The number of aromatic nitrogens is 2. The standard InChI is InChI=1S/C22H22N4O3S/c1-2-3-16-24-25-22(30-16)23-19(27)14-8-10-15(11-9-14)26-20(28)17-12-4-5-13(7-6-12)18(17)21(26)29/h4-5,8-13,17-18H,2-3,6-7H2,1H3,(H,23,25,27). The van der Waals surface area contributed by atoms with Crippen LogP contribution in [0.25, 0.3) is 0 Å². The third-order valence-corrected chi connectivity index (χ3v) is 7.20. The number of imide groups is 1. The van der Waals surface area contributed by atoms with Crippen LogP contribution >= 0.6 is 11.3 Å². The predicted molar refractivity (Wildman–Crippen MR) is 113 cm³/mol. The Balaban J connectivity index is 1.32. The van der Waals surface area contributed by atoms with Crippen molar-refractivity contribution in [1.82, 2.24) is 10.2 Å². The Hall–Kier alpha value is -2.87. The molecule has 2 heterocycles. The third kappa shape index (κ3) is 3.06. The Morgan fingerprint density at radius 2 is 1.70 bits per heavy atom. The van der Waals surface area contributed by atoms with Crippen LogP contribution < -0.4 is 10.2 Å². The molecular weight excluding hydrogens is 400 g/mol. The molecule has 6 rings (SSSR count). The summed E-state index contributed by atoms with van der Waals surface area (Å²) in [5, 5.41) is 12.2. The molecule has 8 heteroatoms.